The number of benzene rings is 1. The lowest BCUT2D eigenvalue weighted by molar-refractivity contribution is 0.144. The number of halogens is 1. The molecule has 4 unspecified atom stereocenters. The van der Waals surface area contributed by atoms with Crippen molar-refractivity contribution in [3.63, 3.8) is 0 Å². The summed E-state index contributed by atoms with van der Waals surface area (Å²) >= 11 is 7.55. The lowest BCUT2D eigenvalue weighted by Gasteiger charge is -2.13. The first kappa shape index (κ1) is 12.9. The normalized spacial score (nSPS) is 28.6. The summed E-state index contributed by atoms with van der Waals surface area (Å²) in [4.78, 5) is 1.19. The second-order valence-corrected chi connectivity index (χ2v) is 7.78. The highest BCUT2D eigenvalue weighted by atomic mass is 35.5. The minimum Gasteiger partial charge on any atom is -0.392 e. The van der Waals surface area contributed by atoms with Gasteiger partial charge in [0.1, 0.15) is 0 Å². The van der Waals surface area contributed by atoms with Gasteiger partial charge in [0.05, 0.1) is 10.4 Å². The molecule has 2 aliphatic rings. The molecule has 0 aliphatic heterocycles. The van der Waals surface area contributed by atoms with Crippen LogP contribution in [0, 0.1) is 11.8 Å². The molecule has 1 fully saturated rings. The maximum Gasteiger partial charge on any atom is 0.0931 e. The fourth-order valence-electron chi connectivity index (χ4n) is 3.95. The third-order valence-corrected chi connectivity index (χ3v) is 6.13. The van der Waals surface area contributed by atoms with Gasteiger partial charge in [-0.05, 0) is 53.9 Å². The van der Waals surface area contributed by atoms with E-state index in [2.05, 4.69) is 24.3 Å². The molecule has 0 spiro atoms. The molecule has 1 aromatic carbocycles. The van der Waals surface area contributed by atoms with Gasteiger partial charge in [0.15, 0.2) is 0 Å². The highest BCUT2D eigenvalue weighted by molar-refractivity contribution is 7.16. The summed E-state index contributed by atoms with van der Waals surface area (Å²) in [7, 11) is 0. The number of thiophene rings is 1. The van der Waals surface area contributed by atoms with Crippen LogP contribution in [0.3, 0.4) is 0 Å². The molecule has 1 nitrogen and oxygen atoms in total. The Morgan fingerprint density at radius 3 is 2.90 bits per heavy atom. The van der Waals surface area contributed by atoms with Crippen LogP contribution in [0.1, 0.15) is 28.3 Å². The predicted molar refractivity (Wildman–Crippen MR) is 83.5 cm³/mol. The number of fused-ring (bicyclic) bond motifs is 3. The van der Waals surface area contributed by atoms with Gasteiger partial charge in [0, 0.05) is 11.3 Å². The Hall–Kier alpha value is -0.830. The minimum atomic E-state index is -0.231. The highest BCUT2D eigenvalue weighted by Gasteiger charge is 2.55. The number of aliphatic hydroxyl groups excluding tert-OH is 1. The Kier molecular flexibility index (Phi) is 3.13. The second kappa shape index (κ2) is 4.87. The highest BCUT2D eigenvalue weighted by Crippen LogP contribution is 2.61. The molecule has 4 rings (SSSR count). The minimum absolute atomic E-state index is 0.231. The molecule has 2 aromatic rings. The number of hydrogen-bond donors (Lipinski definition) is 1. The first-order valence-electron chi connectivity index (χ1n) is 7.24. The third-order valence-electron chi connectivity index (χ3n) is 4.87. The SMILES string of the molecule is OC(Cc1ccc(Cl)s1)C1C2CCc3ccccc3C21. The van der Waals surface area contributed by atoms with Gasteiger partial charge < -0.3 is 5.11 Å². The van der Waals surface area contributed by atoms with Crippen molar-refractivity contribution >= 4 is 22.9 Å². The van der Waals surface area contributed by atoms with Crippen molar-refractivity contribution in [2.24, 2.45) is 11.8 Å². The Balaban J connectivity index is 1.52. The molecule has 0 bridgehead atoms. The van der Waals surface area contributed by atoms with Gasteiger partial charge >= 0.3 is 0 Å². The average Bonchev–Trinajstić information content (AvgIpc) is 3.08. The van der Waals surface area contributed by atoms with Crippen LogP contribution >= 0.6 is 22.9 Å². The van der Waals surface area contributed by atoms with E-state index in [1.54, 1.807) is 11.3 Å². The molecule has 1 heterocycles. The smallest absolute Gasteiger partial charge is 0.0931 e. The molecule has 104 valence electrons. The van der Waals surface area contributed by atoms with Crippen LogP contribution in [-0.2, 0) is 12.8 Å². The Morgan fingerprint density at radius 2 is 2.10 bits per heavy atom. The summed E-state index contributed by atoms with van der Waals surface area (Å²) in [6.45, 7) is 0. The van der Waals surface area contributed by atoms with Crippen molar-refractivity contribution in [2.75, 3.05) is 0 Å². The lowest BCUT2D eigenvalue weighted by atomic mass is 9.92. The Bertz CT molecular complexity index is 635. The Labute approximate surface area is 128 Å². The largest absolute Gasteiger partial charge is 0.392 e. The summed E-state index contributed by atoms with van der Waals surface area (Å²) < 4.78 is 0.811. The zero-order valence-corrected chi connectivity index (χ0v) is 12.7. The first-order chi connectivity index (χ1) is 9.74. The van der Waals surface area contributed by atoms with Crippen molar-refractivity contribution in [3.05, 3.63) is 56.7 Å². The predicted octanol–water partition coefficient (Wildman–Crippen LogP) is 4.28. The number of rotatable bonds is 3. The molecule has 20 heavy (non-hydrogen) atoms. The number of hydrogen-bond acceptors (Lipinski definition) is 2. The molecular weight excluding hydrogens is 288 g/mol. The molecule has 0 radical (unpaired) electrons. The molecule has 0 saturated heterocycles. The van der Waals surface area contributed by atoms with E-state index < -0.39 is 0 Å². The third kappa shape index (κ3) is 2.11. The molecule has 3 heteroatoms. The van der Waals surface area contributed by atoms with Gasteiger partial charge in [0.2, 0.25) is 0 Å². The van der Waals surface area contributed by atoms with E-state index in [4.69, 9.17) is 11.6 Å². The fraction of sp³-hybridized carbons (Fsp3) is 0.412. The topological polar surface area (TPSA) is 20.2 Å². The maximum absolute atomic E-state index is 10.6. The van der Waals surface area contributed by atoms with Gasteiger partial charge in [-0.25, -0.2) is 0 Å². The maximum atomic E-state index is 10.6. The number of aryl methyl sites for hydroxylation is 1. The van der Waals surface area contributed by atoms with Crippen molar-refractivity contribution in [2.45, 2.75) is 31.3 Å². The van der Waals surface area contributed by atoms with E-state index in [9.17, 15) is 5.11 Å². The van der Waals surface area contributed by atoms with Crippen molar-refractivity contribution in [1.29, 1.82) is 0 Å². The van der Waals surface area contributed by atoms with Crippen LogP contribution in [0.2, 0.25) is 4.34 Å². The van der Waals surface area contributed by atoms with E-state index in [-0.39, 0.29) is 6.10 Å². The summed E-state index contributed by atoms with van der Waals surface area (Å²) in [6.07, 6.45) is 2.92. The monoisotopic (exact) mass is 304 g/mol. The van der Waals surface area contributed by atoms with Crippen molar-refractivity contribution < 1.29 is 5.11 Å². The first-order valence-corrected chi connectivity index (χ1v) is 8.43. The summed E-state index contributed by atoms with van der Waals surface area (Å²) in [5.41, 5.74) is 2.97. The van der Waals surface area contributed by atoms with Crippen LogP contribution < -0.4 is 0 Å². The van der Waals surface area contributed by atoms with Crippen molar-refractivity contribution in [1.82, 2.24) is 0 Å². The van der Waals surface area contributed by atoms with Gasteiger partial charge in [-0.15, -0.1) is 11.3 Å². The standard InChI is InChI=1S/C17H17ClOS/c18-15-8-6-11(20-15)9-14(19)17-13-7-5-10-3-1-2-4-12(10)16(13)17/h1-4,6,8,13-14,16-17,19H,5,7,9H2. The summed E-state index contributed by atoms with van der Waals surface area (Å²) in [5, 5.41) is 10.6. The van der Waals surface area contributed by atoms with Gasteiger partial charge in [-0.1, -0.05) is 35.9 Å². The van der Waals surface area contributed by atoms with Crippen LogP contribution in [0.5, 0.6) is 0 Å². The van der Waals surface area contributed by atoms with E-state index in [1.807, 2.05) is 12.1 Å². The van der Waals surface area contributed by atoms with Crippen molar-refractivity contribution in [3.8, 4) is 0 Å². The molecule has 2 aliphatic carbocycles. The molecule has 1 aromatic heterocycles. The fourth-order valence-corrected chi connectivity index (χ4v) is 5.08. The van der Waals surface area contributed by atoms with Crippen LogP contribution in [0.15, 0.2) is 36.4 Å². The quantitative estimate of drug-likeness (QED) is 0.897. The zero-order chi connectivity index (χ0) is 13.7. The molecule has 0 amide bonds. The zero-order valence-electron chi connectivity index (χ0n) is 11.1. The summed E-state index contributed by atoms with van der Waals surface area (Å²) in [5.74, 6) is 1.72. The van der Waals surface area contributed by atoms with Gasteiger partial charge in [-0.3, -0.25) is 0 Å². The molecule has 4 atom stereocenters. The van der Waals surface area contributed by atoms with Gasteiger partial charge in [-0.2, -0.15) is 0 Å². The van der Waals surface area contributed by atoms with Crippen LogP contribution in [-0.4, -0.2) is 11.2 Å². The molecule has 1 saturated carbocycles. The van der Waals surface area contributed by atoms with E-state index in [0.717, 1.165) is 10.8 Å². The second-order valence-electron chi connectivity index (χ2n) is 5.98. The van der Waals surface area contributed by atoms with Crippen LogP contribution in [0.25, 0.3) is 0 Å². The molecular formula is C17H17ClOS. The van der Waals surface area contributed by atoms with Crippen LogP contribution in [0.4, 0.5) is 0 Å². The van der Waals surface area contributed by atoms with E-state index in [0.29, 0.717) is 17.8 Å². The average molecular weight is 305 g/mol. The number of aliphatic hydroxyl groups is 1. The Morgan fingerprint density at radius 1 is 1.25 bits per heavy atom. The van der Waals surface area contributed by atoms with E-state index >= 15 is 0 Å². The molecule has 1 N–H and O–H groups in total. The van der Waals surface area contributed by atoms with Gasteiger partial charge in [0.25, 0.3) is 0 Å². The summed E-state index contributed by atoms with van der Waals surface area (Å²) in [6, 6.07) is 12.7. The van der Waals surface area contributed by atoms with E-state index in [1.165, 1.54) is 28.8 Å². The lowest BCUT2D eigenvalue weighted by Crippen LogP contribution is -2.14.